The molecule has 0 amide bonds. The maximum absolute atomic E-state index is 9.81. The molecule has 0 spiro atoms. The molecule has 1 N–H and O–H groups in total. The average molecular weight is 244 g/mol. The van der Waals surface area contributed by atoms with Crippen LogP contribution in [-0.4, -0.2) is 11.2 Å². The van der Waals surface area contributed by atoms with Gasteiger partial charge in [0.05, 0.1) is 6.10 Å². The highest BCUT2D eigenvalue weighted by molar-refractivity contribution is 5.48. The molecule has 0 heterocycles. The number of allylic oxidation sites excluding steroid dienone is 7. The Morgan fingerprint density at radius 2 is 2.00 bits per heavy atom. The van der Waals surface area contributed by atoms with Gasteiger partial charge in [-0.05, 0) is 48.8 Å². The first-order chi connectivity index (χ1) is 8.58. The molecule has 3 atom stereocenters. The van der Waals surface area contributed by atoms with E-state index in [0.717, 1.165) is 19.3 Å². The zero-order valence-corrected chi connectivity index (χ0v) is 11.7. The first-order valence-corrected chi connectivity index (χ1v) is 7.02. The van der Waals surface area contributed by atoms with Gasteiger partial charge in [-0.2, -0.15) is 0 Å². The molecular formula is C17H24O. The molecule has 0 radical (unpaired) electrons. The van der Waals surface area contributed by atoms with E-state index in [4.69, 9.17) is 0 Å². The molecule has 2 aliphatic carbocycles. The Morgan fingerprint density at radius 3 is 2.72 bits per heavy atom. The van der Waals surface area contributed by atoms with Crippen LogP contribution in [0.4, 0.5) is 0 Å². The topological polar surface area (TPSA) is 20.2 Å². The lowest BCUT2D eigenvalue weighted by Gasteiger charge is -2.25. The molecule has 1 nitrogen and oxygen atoms in total. The summed E-state index contributed by atoms with van der Waals surface area (Å²) in [6.45, 7) is 6.54. The molecule has 2 rings (SSSR count). The van der Waals surface area contributed by atoms with Crippen molar-refractivity contribution in [1.29, 1.82) is 0 Å². The van der Waals surface area contributed by atoms with Crippen molar-refractivity contribution in [2.24, 2.45) is 11.8 Å². The highest BCUT2D eigenvalue weighted by Gasteiger charge is 2.20. The Labute approximate surface area is 111 Å². The molecule has 98 valence electrons. The van der Waals surface area contributed by atoms with Crippen molar-refractivity contribution in [3.05, 3.63) is 47.1 Å². The van der Waals surface area contributed by atoms with Gasteiger partial charge in [-0.15, -0.1) is 0 Å². The molecule has 0 fully saturated rings. The summed E-state index contributed by atoms with van der Waals surface area (Å²) in [5.74, 6) is 0.880. The SMILES string of the molecule is CC1=C(C2=CC(C)C(O)CC2)C=CC(C)CC=C1. The fourth-order valence-corrected chi connectivity index (χ4v) is 2.68. The van der Waals surface area contributed by atoms with E-state index < -0.39 is 0 Å². The Kier molecular flexibility index (Phi) is 4.23. The second kappa shape index (κ2) is 5.71. The molecule has 0 saturated heterocycles. The van der Waals surface area contributed by atoms with E-state index in [2.05, 4.69) is 51.2 Å². The van der Waals surface area contributed by atoms with Gasteiger partial charge in [0.2, 0.25) is 0 Å². The van der Waals surface area contributed by atoms with Gasteiger partial charge >= 0.3 is 0 Å². The van der Waals surface area contributed by atoms with Crippen LogP contribution >= 0.6 is 0 Å². The van der Waals surface area contributed by atoms with Crippen molar-refractivity contribution in [1.82, 2.24) is 0 Å². The Hall–Kier alpha value is -1.08. The molecule has 0 aromatic carbocycles. The summed E-state index contributed by atoms with van der Waals surface area (Å²) in [4.78, 5) is 0. The van der Waals surface area contributed by atoms with Gasteiger partial charge in [0, 0.05) is 5.92 Å². The molecule has 0 saturated carbocycles. The summed E-state index contributed by atoms with van der Waals surface area (Å²) in [5.41, 5.74) is 4.10. The van der Waals surface area contributed by atoms with Crippen molar-refractivity contribution in [2.75, 3.05) is 0 Å². The largest absolute Gasteiger partial charge is 0.393 e. The van der Waals surface area contributed by atoms with E-state index in [1.54, 1.807) is 0 Å². The van der Waals surface area contributed by atoms with Crippen molar-refractivity contribution < 1.29 is 5.11 Å². The van der Waals surface area contributed by atoms with Crippen molar-refractivity contribution in [3.8, 4) is 0 Å². The van der Waals surface area contributed by atoms with Crippen LogP contribution in [0.3, 0.4) is 0 Å². The maximum atomic E-state index is 9.81. The lowest BCUT2D eigenvalue weighted by molar-refractivity contribution is 0.122. The lowest BCUT2D eigenvalue weighted by Crippen LogP contribution is -2.20. The first-order valence-electron chi connectivity index (χ1n) is 7.02. The predicted octanol–water partition coefficient (Wildman–Crippen LogP) is 4.17. The smallest absolute Gasteiger partial charge is 0.0603 e. The molecule has 1 heteroatoms. The molecule has 0 aromatic heterocycles. The van der Waals surface area contributed by atoms with Crippen LogP contribution in [0.5, 0.6) is 0 Å². The van der Waals surface area contributed by atoms with E-state index in [1.165, 1.54) is 16.7 Å². The van der Waals surface area contributed by atoms with E-state index >= 15 is 0 Å². The van der Waals surface area contributed by atoms with E-state index in [0.29, 0.717) is 5.92 Å². The normalized spacial score (nSPS) is 33.1. The highest BCUT2D eigenvalue weighted by Crippen LogP contribution is 2.31. The summed E-state index contributed by atoms with van der Waals surface area (Å²) in [5, 5.41) is 9.81. The third-order valence-corrected chi connectivity index (χ3v) is 4.02. The minimum atomic E-state index is -0.165. The van der Waals surface area contributed by atoms with Crippen molar-refractivity contribution in [3.63, 3.8) is 0 Å². The number of rotatable bonds is 1. The van der Waals surface area contributed by atoms with Gasteiger partial charge in [-0.3, -0.25) is 0 Å². The molecular weight excluding hydrogens is 220 g/mol. The lowest BCUT2D eigenvalue weighted by atomic mass is 9.83. The fraction of sp³-hybridized carbons (Fsp3) is 0.529. The number of aliphatic hydroxyl groups is 1. The quantitative estimate of drug-likeness (QED) is 0.734. The van der Waals surface area contributed by atoms with Gasteiger partial charge in [-0.25, -0.2) is 0 Å². The van der Waals surface area contributed by atoms with Crippen LogP contribution in [0.1, 0.15) is 40.0 Å². The van der Waals surface area contributed by atoms with Crippen LogP contribution in [0.25, 0.3) is 0 Å². The second-order valence-corrected chi connectivity index (χ2v) is 5.73. The standard InChI is InChI=1S/C17H24O/c1-12-5-4-6-13(2)16(9-7-12)15-8-10-17(18)14(3)11-15/h4,6-7,9,11-12,14,17-18H,5,8,10H2,1-3H3. The average Bonchev–Trinajstić information content (AvgIpc) is 2.32. The monoisotopic (exact) mass is 244 g/mol. The molecule has 18 heavy (non-hydrogen) atoms. The Morgan fingerprint density at radius 1 is 1.22 bits per heavy atom. The van der Waals surface area contributed by atoms with Gasteiger partial charge < -0.3 is 5.11 Å². The third-order valence-electron chi connectivity index (χ3n) is 4.02. The molecule has 0 bridgehead atoms. The van der Waals surface area contributed by atoms with Gasteiger partial charge in [0.15, 0.2) is 0 Å². The van der Waals surface area contributed by atoms with E-state index in [9.17, 15) is 5.11 Å². The molecule has 0 aliphatic heterocycles. The summed E-state index contributed by atoms with van der Waals surface area (Å²) in [7, 11) is 0. The maximum Gasteiger partial charge on any atom is 0.0603 e. The predicted molar refractivity (Wildman–Crippen MR) is 77.2 cm³/mol. The van der Waals surface area contributed by atoms with Crippen LogP contribution < -0.4 is 0 Å². The summed E-state index contributed by atoms with van der Waals surface area (Å²) in [6, 6.07) is 0. The summed E-state index contributed by atoms with van der Waals surface area (Å²) in [6.07, 6.45) is 14.2. The number of hydrogen-bond acceptors (Lipinski definition) is 1. The van der Waals surface area contributed by atoms with E-state index in [1.807, 2.05) is 0 Å². The molecule has 0 aromatic rings. The van der Waals surface area contributed by atoms with Crippen LogP contribution in [0.2, 0.25) is 0 Å². The van der Waals surface area contributed by atoms with Crippen LogP contribution in [0, 0.1) is 11.8 Å². The van der Waals surface area contributed by atoms with Gasteiger partial charge in [0.1, 0.15) is 0 Å². The number of aliphatic hydroxyl groups excluding tert-OH is 1. The Balaban J connectivity index is 2.33. The van der Waals surface area contributed by atoms with Crippen molar-refractivity contribution in [2.45, 2.75) is 46.1 Å². The minimum Gasteiger partial charge on any atom is -0.393 e. The fourth-order valence-electron chi connectivity index (χ4n) is 2.68. The Bertz CT molecular complexity index is 423. The summed E-state index contributed by atoms with van der Waals surface area (Å²) < 4.78 is 0. The summed E-state index contributed by atoms with van der Waals surface area (Å²) >= 11 is 0. The zero-order valence-electron chi connectivity index (χ0n) is 11.7. The van der Waals surface area contributed by atoms with Gasteiger partial charge in [0.25, 0.3) is 0 Å². The van der Waals surface area contributed by atoms with Crippen LogP contribution in [-0.2, 0) is 0 Å². The third kappa shape index (κ3) is 3.02. The zero-order chi connectivity index (χ0) is 13.1. The second-order valence-electron chi connectivity index (χ2n) is 5.73. The minimum absolute atomic E-state index is 0.165. The van der Waals surface area contributed by atoms with E-state index in [-0.39, 0.29) is 12.0 Å². The molecule has 2 aliphatic rings. The highest BCUT2D eigenvalue weighted by atomic mass is 16.3. The van der Waals surface area contributed by atoms with Gasteiger partial charge in [-0.1, -0.05) is 44.2 Å². The number of hydrogen-bond donors (Lipinski definition) is 1. The van der Waals surface area contributed by atoms with Crippen LogP contribution in [0.15, 0.2) is 47.1 Å². The molecule has 3 unspecified atom stereocenters. The first kappa shape index (κ1) is 13.4. The van der Waals surface area contributed by atoms with Crippen molar-refractivity contribution >= 4 is 0 Å².